The number of amides is 2. The minimum atomic E-state index is -1.27. The van der Waals surface area contributed by atoms with E-state index in [-0.39, 0.29) is 5.92 Å². The first-order chi connectivity index (χ1) is 9.29. The molecule has 2 N–H and O–H groups in total. The molecule has 0 aliphatic carbocycles. The topological polar surface area (TPSA) is 81.3 Å². The van der Waals surface area contributed by atoms with Crippen molar-refractivity contribution in [2.45, 2.75) is 40.2 Å². The molecule has 0 unspecified atom stereocenters. The largest absolute Gasteiger partial charge is 0.548 e. The monoisotopic (exact) mass is 277 g/mol. The minimum absolute atomic E-state index is 0.152. The van der Waals surface area contributed by atoms with Crippen LogP contribution >= 0.6 is 0 Å². The van der Waals surface area contributed by atoms with Crippen molar-refractivity contribution in [1.82, 2.24) is 5.32 Å². The van der Waals surface area contributed by atoms with Gasteiger partial charge in [-0.15, -0.1) is 0 Å². The van der Waals surface area contributed by atoms with Gasteiger partial charge in [-0.2, -0.15) is 0 Å². The summed E-state index contributed by atoms with van der Waals surface area (Å²) in [6, 6.07) is 4.16. The molecule has 0 radical (unpaired) electrons. The Morgan fingerprint density at radius 3 is 2.45 bits per heavy atom. The molecule has 1 atom stereocenters. The second-order valence-corrected chi connectivity index (χ2v) is 5.42. The predicted molar refractivity (Wildman–Crippen MR) is 76.3 cm³/mol. The zero-order valence-corrected chi connectivity index (χ0v) is 12.3. The number of aliphatic carboxylic acids is 1. The number of urea groups is 1. The van der Waals surface area contributed by atoms with Crippen LogP contribution < -0.4 is 15.7 Å². The summed E-state index contributed by atoms with van der Waals surface area (Å²) < 4.78 is 0. The first-order valence-electron chi connectivity index (χ1n) is 6.65. The van der Waals surface area contributed by atoms with Gasteiger partial charge in [-0.05, 0) is 43.4 Å². The van der Waals surface area contributed by atoms with Crippen molar-refractivity contribution in [2.24, 2.45) is 5.92 Å². The van der Waals surface area contributed by atoms with Crippen molar-refractivity contribution in [3.63, 3.8) is 0 Å². The van der Waals surface area contributed by atoms with Crippen molar-refractivity contribution < 1.29 is 14.7 Å². The lowest BCUT2D eigenvalue weighted by molar-refractivity contribution is -0.308. The summed E-state index contributed by atoms with van der Waals surface area (Å²) in [5.41, 5.74) is 2.60. The molecule has 0 aromatic heterocycles. The SMILES string of the molecule is Cc1ccc(C)c(NC(=O)N[C@@H](CC(C)C)C(=O)[O-])c1. The minimum Gasteiger partial charge on any atom is -0.548 e. The van der Waals surface area contributed by atoms with Gasteiger partial charge in [0.25, 0.3) is 0 Å². The molecule has 0 saturated carbocycles. The number of benzene rings is 1. The average Bonchev–Trinajstić information content (AvgIpc) is 2.32. The maximum atomic E-state index is 11.9. The first-order valence-corrected chi connectivity index (χ1v) is 6.65. The average molecular weight is 277 g/mol. The third-order valence-electron chi connectivity index (χ3n) is 2.94. The fourth-order valence-corrected chi connectivity index (χ4v) is 1.87. The number of carbonyl (C=O) groups excluding carboxylic acids is 2. The molecular formula is C15H21N2O3-. The van der Waals surface area contributed by atoms with Gasteiger partial charge in [0.15, 0.2) is 0 Å². The molecule has 5 heteroatoms. The molecule has 0 aliphatic heterocycles. The van der Waals surface area contributed by atoms with Gasteiger partial charge in [0, 0.05) is 5.69 Å². The fraction of sp³-hybridized carbons (Fsp3) is 0.467. The third-order valence-corrected chi connectivity index (χ3v) is 2.94. The van der Waals surface area contributed by atoms with E-state index in [1.807, 2.05) is 45.9 Å². The zero-order chi connectivity index (χ0) is 15.3. The maximum Gasteiger partial charge on any atom is 0.319 e. The van der Waals surface area contributed by atoms with Gasteiger partial charge in [-0.1, -0.05) is 26.0 Å². The molecule has 0 fully saturated rings. The molecule has 20 heavy (non-hydrogen) atoms. The highest BCUT2D eigenvalue weighted by Gasteiger charge is 2.15. The van der Waals surface area contributed by atoms with E-state index in [0.717, 1.165) is 11.1 Å². The zero-order valence-electron chi connectivity index (χ0n) is 12.3. The summed E-state index contributed by atoms with van der Waals surface area (Å²) in [5.74, 6) is -1.12. The first kappa shape index (κ1) is 16.0. The van der Waals surface area contributed by atoms with Gasteiger partial charge in [0.1, 0.15) is 0 Å². The van der Waals surface area contributed by atoms with E-state index in [9.17, 15) is 14.7 Å². The number of anilines is 1. The number of carboxylic acid groups (broad SMARTS) is 1. The lowest BCUT2D eigenvalue weighted by Gasteiger charge is -2.22. The number of aryl methyl sites for hydroxylation is 2. The van der Waals surface area contributed by atoms with Gasteiger partial charge < -0.3 is 20.5 Å². The van der Waals surface area contributed by atoms with Crippen LogP contribution in [0.3, 0.4) is 0 Å². The van der Waals surface area contributed by atoms with Crippen LogP contribution in [0.2, 0.25) is 0 Å². The summed E-state index contributed by atoms with van der Waals surface area (Å²) in [4.78, 5) is 22.8. The molecule has 2 amide bonds. The van der Waals surface area contributed by atoms with E-state index in [4.69, 9.17) is 0 Å². The Morgan fingerprint density at radius 1 is 1.25 bits per heavy atom. The number of rotatable bonds is 5. The summed E-state index contributed by atoms with van der Waals surface area (Å²) >= 11 is 0. The summed E-state index contributed by atoms with van der Waals surface area (Å²) in [6.07, 6.45) is 0.336. The Kier molecular flexibility index (Phi) is 5.55. The van der Waals surface area contributed by atoms with E-state index in [2.05, 4.69) is 10.6 Å². The smallest absolute Gasteiger partial charge is 0.319 e. The molecule has 0 bridgehead atoms. The van der Waals surface area contributed by atoms with E-state index in [1.54, 1.807) is 0 Å². The number of nitrogens with one attached hydrogen (secondary N) is 2. The number of hydrogen-bond donors (Lipinski definition) is 2. The van der Waals surface area contributed by atoms with Crippen LogP contribution in [0, 0.1) is 19.8 Å². The van der Waals surface area contributed by atoms with Crippen LogP contribution in [0.1, 0.15) is 31.4 Å². The summed E-state index contributed by atoms with van der Waals surface area (Å²) in [7, 11) is 0. The highest BCUT2D eigenvalue weighted by Crippen LogP contribution is 2.16. The number of hydrogen-bond acceptors (Lipinski definition) is 3. The van der Waals surface area contributed by atoms with Crippen molar-refractivity contribution in [3.05, 3.63) is 29.3 Å². The molecule has 1 aromatic carbocycles. The van der Waals surface area contributed by atoms with Crippen LogP contribution in [0.15, 0.2) is 18.2 Å². The fourth-order valence-electron chi connectivity index (χ4n) is 1.87. The molecule has 0 spiro atoms. The molecule has 0 heterocycles. The molecule has 0 saturated heterocycles. The van der Waals surface area contributed by atoms with Gasteiger partial charge in [-0.3, -0.25) is 0 Å². The second kappa shape index (κ2) is 6.93. The van der Waals surface area contributed by atoms with E-state index in [1.165, 1.54) is 0 Å². The summed E-state index contributed by atoms with van der Waals surface area (Å²) in [5, 5.41) is 16.1. The Balaban J connectivity index is 2.70. The standard InChI is InChI=1S/C15H22N2O3/c1-9(2)7-13(14(18)19)17-15(20)16-12-8-10(3)5-6-11(12)4/h5-6,8-9,13H,7H2,1-4H3,(H,18,19)(H2,16,17,20)/p-1/t13-/m0/s1. The molecule has 1 rings (SSSR count). The quantitative estimate of drug-likeness (QED) is 0.857. The van der Waals surface area contributed by atoms with Crippen LogP contribution in [0.5, 0.6) is 0 Å². The highest BCUT2D eigenvalue weighted by atomic mass is 16.4. The van der Waals surface area contributed by atoms with E-state index >= 15 is 0 Å². The molecule has 1 aromatic rings. The van der Waals surface area contributed by atoms with Gasteiger partial charge in [0.05, 0.1) is 12.0 Å². The van der Waals surface area contributed by atoms with Crippen molar-refractivity contribution in [3.8, 4) is 0 Å². The van der Waals surface area contributed by atoms with Gasteiger partial charge in [-0.25, -0.2) is 4.79 Å². The Hall–Kier alpha value is -2.04. The van der Waals surface area contributed by atoms with Crippen LogP contribution in [-0.2, 0) is 4.79 Å². The lowest BCUT2D eigenvalue weighted by atomic mass is 10.0. The Bertz CT molecular complexity index is 498. The third kappa shape index (κ3) is 4.91. The second-order valence-electron chi connectivity index (χ2n) is 5.42. The summed E-state index contributed by atoms with van der Waals surface area (Å²) in [6.45, 7) is 7.57. The van der Waals surface area contributed by atoms with Gasteiger partial charge >= 0.3 is 6.03 Å². The predicted octanol–water partition coefficient (Wildman–Crippen LogP) is 1.59. The van der Waals surface area contributed by atoms with E-state index in [0.29, 0.717) is 12.1 Å². The van der Waals surface area contributed by atoms with Crippen molar-refractivity contribution in [2.75, 3.05) is 5.32 Å². The Labute approximate surface area is 119 Å². The van der Waals surface area contributed by atoms with Crippen LogP contribution in [0.4, 0.5) is 10.5 Å². The molecule has 0 aliphatic rings. The van der Waals surface area contributed by atoms with Crippen molar-refractivity contribution in [1.29, 1.82) is 0 Å². The number of carboxylic acids is 1. The normalized spacial score (nSPS) is 12.1. The van der Waals surface area contributed by atoms with E-state index < -0.39 is 18.0 Å². The highest BCUT2D eigenvalue weighted by molar-refractivity contribution is 5.92. The lowest BCUT2D eigenvalue weighted by Crippen LogP contribution is -2.49. The molecular weight excluding hydrogens is 256 g/mol. The molecule has 5 nitrogen and oxygen atoms in total. The van der Waals surface area contributed by atoms with Crippen LogP contribution in [-0.4, -0.2) is 18.0 Å². The van der Waals surface area contributed by atoms with Crippen molar-refractivity contribution >= 4 is 17.7 Å². The molecule has 110 valence electrons. The maximum absolute atomic E-state index is 11.9. The number of carbonyl (C=O) groups is 2. The van der Waals surface area contributed by atoms with Gasteiger partial charge in [0.2, 0.25) is 0 Å². The van der Waals surface area contributed by atoms with Crippen LogP contribution in [0.25, 0.3) is 0 Å². The Morgan fingerprint density at radius 2 is 1.90 bits per heavy atom.